The molecule has 0 radical (unpaired) electrons. The highest BCUT2D eigenvalue weighted by Crippen LogP contribution is 2.28. The predicted octanol–water partition coefficient (Wildman–Crippen LogP) is 5.72. The third-order valence-electron chi connectivity index (χ3n) is 6.18. The molecule has 1 aliphatic heterocycles. The summed E-state index contributed by atoms with van der Waals surface area (Å²) >= 11 is 7.13. The summed E-state index contributed by atoms with van der Waals surface area (Å²) in [6.45, 7) is 6.01. The van der Waals surface area contributed by atoms with Gasteiger partial charge in [0.05, 0.1) is 27.0 Å². The number of carbonyl (C=O) groups is 1. The Balaban J connectivity index is 1.58. The van der Waals surface area contributed by atoms with Gasteiger partial charge in [-0.1, -0.05) is 23.7 Å². The first kappa shape index (κ1) is 24.4. The number of fused-ring (bicyclic) bond motifs is 1. The highest BCUT2D eigenvalue weighted by molar-refractivity contribution is 7.17. The second-order valence-corrected chi connectivity index (χ2v) is 10.5. The fourth-order valence-electron chi connectivity index (χ4n) is 4.37. The standard InChI is InChI=1S/C25H28ClFN4O2S/c1-15(2)30-11-9-17(10-12-30)29-25(33)24-23(27)18-5-3-4-6-19(18)31(24)14-16(28)13-20(32)21-7-8-22(26)34-21/h3-8,13,15,17,28,32H,9-12,14H2,1-2H3,(H,29,33)/b20-13-,28-16?. The molecule has 0 aliphatic carbocycles. The monoisotopic (exact) mass is 502 g/mol. The Morgan fingerprint density at radius 3 is 2.65 bits per heavy atom. The Hall–Kier alpha value is -2.68. The van der Waals surface area contributed by atoms with E-state index in [-0.39, 0.29) is 29.8 Å². The van der Waals surface area contributed by atoms with Crippen LogP contribution in [0.1, 0.15) is 42.1 Å². The van der Waals surface area contributed by atoms with Crippen molar-refractivity contribution in [3.63, 3.8) is 0 Å². The second kappa shape index (κ2) is 10.3. The fraction of sp³-hybridized carbons (Fsp3) is 0.360. The van der Waals surface area contributed by atoms with Gasteiger partial charge in [-0.2, -0.15) is 0 Å². The van der Waals surface area contributed by atoms with E-state index in [1.807, 2.05) is 0 Å². The third kappa shape index (κ3) is 5.19. The van der Waals surface area contributed by atoms with Gasteiger partial charge in [-0.05, 0) is 51.0 Å². The predicted molar refractivity (Wildman–Crippen MR) is 137 cm³/mol. The van der Waals surface area contributed by atoms with Crippen LogP contribution in [-0.2, 0) is 6.54 Å². The van der Waals surface area contributed by atoms with Crippen molar-refractivity contribution in [2.24, 2.45) is 0 Å². The van der Waals surface area contributed by atoms with Gasteiger partial charge in [-0.15, -0.1) is 11.3 Å². The quantitative estimate of drug-likeness (QED) is 0.285. The van der Waals surface area contributed by atoms with Crippen LogP contribution in [0.15, 0.2) is 42.5 Å². The van der Waals surface area contributed by atoms with Gasteiger partial charge in [0.2, 0.25) is 0 Å². The van der Waals surface area contributed by atoms with Crippen molar-refractivity contribution in [3.05, 3.63) is 63.2 Å². The molecule has 0 atom stereocenters. The second-order valence-electron chi connectivity index (χ2n) is 8.80. The Bertz CT molecular complexity index is 1240. The third-order valence-corrected chi connectivity index (χ3v) is 7.44. The van der Waals surface area contributed by atoms with Crippen molar-refractivity contribution in [2.45, 2.75) is 45.3 Å². The largest absolute Gasteiger partial charge is 0.506 e. The van der Waals surface area contributed by atoms with Crippen LogP contribution in [0.2, 0.25) is 4.34 Å². The van der Waals surface area contributed by atoms with Crippen LogP contribution in [-0.4, -0.2) is 51.4 Å². The van der Waals surface area contributed by atoms with Gasteiger partial charge in [0.1, 0.15) is 11.5 Å². The summed E-state index contributed by atoms with van der Waals surface area (Å²) in [4.78, 5) is 16.1. The molecule has 34 heavy (non-hydrogen) atoms. The molecule has 0 bridgehead atoms. The van der Waals surface area contributed by atoms with E-state index in [0.29, 0.717) is 26.2 Å². The number of piperidine rings is 1. The first-order chi connectivity index (χ1) is 16.2. The maximum atomic E-state index is 15.4. The summed E-state index contributed by atoms with van der Waals surface area (Å²) in [7, 11) is 0. The minimum atomic E-state index is -0.598. The van der Waals surface area contributed by atoms with Gasteiger partial charge in [-0.25, -0.2) is 4.39 Å². The number of allylic oxidation sites excluding steroid dienone is 1. The number of aliphatic hydroxyl groups excluding tert-OH is 1. The number of halogens is 2. The maximum absolute atomic E-state index is 15.4. The number of hydrogen-bond acceptors (Lipinski definition) is 5. The first-order valence-corrected chi connectivity index (χ1v) is 12.5. The number of thiophene rings is 1. The molecule has 6 nitrogen and oxygen atoms in total. The molecule has 4 rings (SSSR count). The van der Waals surface area contributed by atoms with Gasteiger partial charge >= 0.3 is 0 Å². The molecule has 2 aromatic heterocycles. The van der Waals surface area contributed by atoms with Crippen molar-refractivity contribution in [2.75, 3.05) is 13.1 Å². The van der Waals surface area contributed by atoms with Crippen LogP contribution < -0.4 is 5.32 Å². The SMILES string of the molecule is CC(C)N1CCC(NC(=O)c2c(F)c3ccccc3n2CC(=N)/C=C(\O)c2ccc(Cl)s2)CC1. The number of nitrogens with zero attached hydrogens (tertiary/aromatic N) is 2. The van der Waals surface area contributed by atoms with E-state index in [0.717, 1.165) is 25.9 Å². The number of benzene rings is 1. The lowest BCUT2D eigenvalue weighted by Gasteiger charge is -2.34. The number of amides is 1. The number of likely N-dealkylation sites (tertiary alicyclic amines) is 1. The van der Waals surface area contributed by atoms with Gasteiger partial charge < -0.3 is 25.3 Å². The van der Waals surface area contributed by atoms with Gasteiger partial charge in [-0.3, -0.25) is 4.79 Å². The molecule has 0 spiro atoms. The van der Waals surface area contributed by atoms with Crippen molar-refractivity contribution >= 4 is 51.2 Å². The first-order valence-electron chi connectivity index (χ1n) is 11.3. The Morgan fingerprint density at radius 2 is 2.00 bits per heavy atom. The number of rotatable bonds is 7. The average molecular weight is 503 g/mol. The molecule has 1 aliphatic rings. The van der Waals surface area contributed by atoms with Crippen LogP contribution >= 0.6 is 22.9 Å². The van der Waals surface area contributed by atoms with Gasteiger partial charge in [0.25, 0.3) is 5.91 Å². The Kier molecular flexibility index (Phi) is 7.40. The summed E-state index contributed by atoms with van der Waals surface area (Å²) in [6.07, 6.45) is 2.92. The number of nitrogens with one attached hydrogen (secondary N) is 2. The Morgan fingerprint density at radius 1 is 1.29 bits per heavy atom. The van der Waals surface area contributed by atoms with Crippen LogP contribution in [0.3, 0.4) is 0 Å². The minimum absolute atomic E-state index is 0.0275. The zero-order valence-electron chi connectivity index (χ0n) is 19.1. The van der Waals surface area contributed by atoms with E-state index < -0.39 is 11.7 Å². The number of para-hydroxylation sites is 1. The number of aromatic nitrogens is 1. The normalized spacial score (nSPS) is 15.9. The van der Waals surface area contributed by atoms with Crippen molar-refractivity contribution < 1.29 is 14.3 Å². The van der Waals surface area contributed by atoms with Gasteiger partial charge in [0.15, 0.2) is 5.82 Å². The lowest BCUT2D eigenvalue weighted by Crippen LogP contribution is -2.47. The lowest BCUT2D eigenvalue weighted by molar-refractivity contribution is 0.0888. The van der Waals surface area contributed by atoms with E-state index in [1.165, 1.54) is 22.0 Å². The van der Waals surface area contributed by atoms with Crippen LogP contribution in [0.5, 0.6) is 0 Å². The molecule has 1 amide bonds. The number of aliphatic hydroxyl groups is 1. The molecule has 0 unspecified atom stereocenters. The van der Waals surface area contributed by atoms with E-state index in [2.05, 4.69) is 24.1 Å². The van der Waals surface area contributed by atoms with Crippen molar-refractivity contribution in [1.82, 2.24) is 14.8 Å². The molecular formula is C25H28ClFN4O2S. The molecule has 1 saturated heterocycles. The summed E-state index contributed by atoms with van der Waals surface area (Å²) < 4.78 is 17.4. The van der Waals surface area contributed by atoms with Gasteiger partial charge in [0, 0.05) is 36.6 Å². The van der Waals surface area contributed by atoms with Crippen molar-refractivity contribution in [3.8, 4) is 0 Å². The maximum Gasteiger partial charge on any atom is 0.271 e. The van der Waals surface area contributed by atoms with E-state index in [9.17, 15) is 9.90 Å². The average Bonchev–Trinajstić information content (AvgIpc) is 3.36. The van der Waals surface area contributed by atoms with Crippen LogP contribution in [0.4, 0.5) is 4.39 Å². The molecule has 3 N–H and O–H groups in total. The smallest absolute Gasteiger partial charge is 0.271 e. The van der Waals surface area contributed by atoms with E-state index in [1.54, 1.807) is 36.4 Å². The van der Waals surface area contributed by atoms with Crippen molar-refractivity contribution in [1.29, 1.82) is 5.41 Å². The number of hydrogen-bond donors (Lipinski definition) is 3. The lowest BCUT2D eigenvalue weighted by atomic mass is 10.0. The molecular weight excluding hydrogens is 475 g/mol. The van der Waals surface area contributed by atoms with Crippen LogP contribution in [0, 0.1) is 11.2 Å². The van der Waals surface area contributed by atoms with Crippen LogP contribution in [0.25, 0.3) is 16.7 Å². The zero-order valence-corrected chi connectivity index (χ0v) is 20.7. The fourth-order valence-corrected chi connectivity index (χ4v) is 5.32. The zero-order chi connectivity index (χ0) is 24.4. The minimum Gasteiger partial charge on any atom is -0.506 e. The molecule has 3 aromatic rings. The highest BCUT2D eigenvalue weighted by atomic mass is 35.5. The molecule has 180 valence electrons. The molecule has 0 saturated carbocycles. The molecule has 1 aromatic carbocycles. The molecule has 9 heteroatoms. The van der Waals surface area contributed by atoms with E-state index in [4.69, 9.17) is 17.0 Å². The molecule has 3 heterocycles. The summed E-state index contributed by atoms with van der Waals surface area (Å²) in [5, 5.41) is 22.1. The highest BCUT2D eigenvalue weighted by Gasteiger charge is 2.27. The summed E-state index contributed by atoms with van der Waals surface area (Å²) in [5.74, 6) is -1.18. The van der Waals surface area contributed by atoms with E-state index >= 15 is 4.39 Å². The number of carbonyl (C=O) groups excluding carboxylic acids is 1. The Labute approximate surface area is 207 Å². The summed E-state index contributed by atoms with van der Waals surface area (Å²) in [6, 6.07) is 10.6. The summed E-state index contributed by atoms with van der Waals surface area (Å²) in [5.41, 5.74) is 0.461. The molecule has 1 fully saturated rings. The topological polar surface area (TPSA) is 81.4 Å².